The summed E-state index contributed by atoms with van der Waals surface area (Å²) in [7, 11) is -3.81. The van der Waals surface area contributed by atoms with Gasteiger partial charge in [-0.15, -0.1) is 0 Å². The number of ether oxygens (including phenoxy) is 1. The second kappa shape index (κ2) is 7.87. The summed E-state index contributed by atoms with van der Waals surface area (Å²) < 4.78 is 32.4. The summed E-state index contributed by atoms with van der Waals surface area (Å²) in [4.78, 5) is 12.7. The normalized spacial score (nSPS) is 23.7. The van der Waals surface area contributed by atoms with Gasteiger partial charge in [-0.05, 0) is 57.5 Å². The topological polar surface area (TPSA) is 98.5 Å². The zero-order valence-electron chi connectivity index (χ0n) is 17.5. The van der Waals surface area contributed by atoms with Crippen LogP contribution in [0.1, 0.15) is 37.8 Å². The average molecular weight is 451 g/mol. The molecule has 1 aliphatic carbocycles. The first-order valence-corrected chi connectivity index (χ1v) is 11.6. The van der Waals surface area contributed by atoms with E-state index in [4.69, 9.17) is 22.1 Å². The molecular weight excluding hydrogens is 424 g/mol. The molecule has 2 aromatic carbocycles. The lowest BCUT2D eigenvalue weighted by molar-refractivity contribution is 0.0497. The third-order valence-corrected chi connectivity index (χ3v) is 7.78. The summed E-state index contributed by atoms with van der Waals surface area (Å²) in [6.45, 7) is 7.13. The van der Waals surface area contributed by atoms with Crippen molar-refractivity contribution in [1.82, 2.24) is 5.32 Å². The van der Waals surface area contributed by atoms with E-state index in [2.05, 4.69) is 5.32 Å². The van der Waals surface area contributed by atoms with Crippen LogP contribution in [-0.2, 0) is 14.6 Å². The highest BCUT2D eigenvalue weighted by atomic mass is 35.5. The van der Waals surface area contributed by atoms with Gasteiger partial charge >= 0.3 is 6.09 Å². The summed E-state index contributed by atoms with van der Waals surface area (Å²) in [5.41, 5.74) is 6.02. The zero-order chi connectivity index (χ0) is 22.3. The number of sulfone groups is 1. The van der Waals surface area contributed by atoms with Crippen molar-refractivity contribution in [2.75, 3.05) is 6.54 Å². The van der Waals surface area contributed by atoms with Crippen molar-refractivity contribution >= 4 is 27.5 Å². The van der Waals surface area contributed by atoms with E-state index in [1.165, 1.54) is 24.3 Å². The monoisotopic (exact) mass is 450 g/mol. The molecule has 0 spiro atoms. The molecule has 0 aromatic heterocycles. The highest BCUT2D eigenvalue weighted by Gasteiger charge is 2.71. The van der Waals surface area contributed by atoms with Gasteiger partial charge in [0.2, 0.25) is 0 Å². The number of rotatable bonds is 5. The molecule has 8 heteroatoms. The van der Waals surface area contributed by atoms with E-state index in [1.807, 2.05) is 31.2 Å². The van der Waals surface area contributed by atoms with Gasteiger partial charge in [0.1, 0.15) is 10.9 Å². The summed E-state index contributed by atoms with van der Waals surface area (Å²) in [5, 5.41) is 2.30. The number of aryl methyl sites for hydroxylation is 1. The number of halogens is 1. The third-order valence-electron chi connectivity index (χ3n) is 5.24. The number of nitrogens with one attached hydrogen (secondary N) is 1. The number of alkyl carbamates (subject to hydrolysis) is 1. The van der Waals surface area contributed by atoms with Crippen molar-refractivity contribution in [2.45, 2.75) is 54.9 Å². The molecule has 1 aliphatic rings. The highest BCUT2D eigenvalue weighted by molar-refractivity contribution is 7.92. The Balaban J connectivity index is 2.03. The van der Waals surface area contributed by atoms with Crippen molar-refractivity contribution in [3.05, 3.63) is 64.7 Å². The smallest absolute Gasteiger partial charge is 0.408 e. The van der Waals surface area contributed by atoms with Crippen LogP contribution in [0.3, 0.4) is 0 Å². The summed E-state index contributed by atoms with van der Waals surface area (Å²) in [6.07, 6.45) is -0.695. The van der Waals surface area contributed by atoms with Crippen molar-refractivity contribution in [3.8, 4) is 0 Å². The second-order valence-corrected chi connectivity index (χ2v) is 11.2. The Morgan fingerprint density at radius 1 is 1.13 bits per heavy atom. The number of hydrogen-bond acceptors (Lipinski definition) is 5. The molecule has 1 amide bonds. The SMILES string of the molecule is Cc1ccc([C@@H]2[C@@H](S(=O)(=O)c3ccc(Cl)cc3)[C@]2(CN)NC(=O)OC(C)(C)C)cc1. The predicted molar refractivity (Wildman–Crippen MR) is 118 cm³/mol. The van der Waals surface area contributed by atoms with Gasteiger partial charge in [0.25, 0.3) is 0 Å². The van der Waals surface area contributed by atoms with Gasteiger partial charge in [-0.1, -0.05) is 41.4 Å². The maximum Gasteiger partial charge on any atom is 0.408 e. The first-order chi connectivity index (χ1) is 13.9. The van der Waals surface area contributed by atoms with Crippen LogP contribution in [0.4, 0.5) is 4.79 Å². The van der Waals surface area contributed by atoms with E-state index in [1.54, 1.807) is 20.8 Å². The molecule has 0 saturated heterocycles. The lowest BCUT2D eigenvalue weighted by Crippen LogP contribution is -2.49. The van der Waals surface area contributed by atoms with Crippen LogP contribution in [0.5, 0.6) is 0 Å². The second-order valence-electron chi connectivity index (χ2n) is 8.68. The van der Waals surface area contributed by atoms with E-state index in [0.29, 0.717) is 5.02 Å². The minimum atomic E-state index is -3.81. The van der Waals surface area contributed by atoms with Crippen molar-refractivity contribution in [2.24, 2.45) is 5.73 Å². The molecule has 0 aliphatic heterocycles. The first kappa shape index (κ1) is 22.6. The van der Waals surface area contributed by atoms with Gasteiger partial charge in [-0.2, -0.15) is 0 Å². The molecule has 2 aromatic rings. The fourth-order valence-electron chi connectivity index (χ4n) is 3.81. The molecule has 1 saturated carbocycles. The maximum absolute atomic E-state index is 13.5. The first-order valence-electron chi connectivity index (χ1n) is 9.68. The van der Waals surface area contributed by atoms with Crippen molar-refractivity contribution in [3.63, 3.8) is 0 Å². The van der Waals surface area contributed by atoms with Gasteiger partial charge in [0, 0.05) is 17.5 Å². The Morgan fingerprint density at radius 3 is 2.20 bits per heavy atom. The molecule has 0 radical (unpaired) electrons. The average Bonchev–Trinajstić information content (AvgIpc) is 3.30. The van der Waals surface area contributed by atoms with Gasteiger partial charge < -0.3 is 15.8 Å². The van der Waals surface area contributed by atoms with Gasteiger partial charge in [0.05, 0.1) is 10.4 Å². The zero-order valence-corrected chi connectivity index (χ0v) is 19.0. The molecule has 1 fully saturated rings. The number of hydrogen-bond donors (Lipinski definition) is 2. The standard InChI is InChI=1S/C22H27ClN2O4S/c1-14-5-7-15(8-6-14)18-19(30(27,28)17-11-9-16(23)10-12-17)22(18,13-24)25-20(26)29-21(2,3)4/h5-12,18-19H,13,24H2,1-4H3,(H,25,26)/t18-,19-,22-/m1/s1. The summed E-state index contributed by atoms with van der Waals surface area (Å²) >= 11 is 5.92. The number of benzene rings is 2. The van der Waals surface area contributed by atoms with Crippen molar-refractivity contribution < 1.29 is 17.9 Å². The fourth-order valence-corrected chi connectivity index (χ4v) is 6.28. The predicted octanol–water partition coefficient (Wildman–Crippen LogP) is 3.81. The molecule has 0 bridgehead atoms. The van der Waals surface area contributed by atoms with Gasteiger partial charge in [-0.25, -0.2) is 13.2 Å². The Labute approximate surface area is 182 Å². The van der Waals surface area contributed by atoms with Crippen LogP contribution in [0, 0.1) is 6.92 Å². The van der Waals surface area contributed by atoms with Gasteiger partial charge in [0.15, 0.2) is 9.84 Å². The Morgan fingerprint density at radius 2 is 1.70 bits per heavy atom. The molecule has 0 unspecified atom stereocenters. The summed E-state index contributed by atoms with van der Waals surface area (Å²) in [5.74, 6) is -0.503. The van der Waals surface area contributed by atoms with Crippen LogP contribution in [0.2, 0.25) is 5.02 Å². The van der Waals surface area contributed by atoms with Crippen LogP contribution in [0.15, 0.2) is 53.4 Å². The quantitative estimate of drug-likeness (QED) is 0.721. The Hall–Kier alpha value is -2.09. The minimum absolute atomic E-state index is 0.0533. The lowest BCUT2D eigenvalue weighted by atomic mass is 10.0. The fraction of sp³-hybridized carbons (Fsp3) is 0.409. The van der Waals surface area contributed by atoms with E-state index >= 15 is 0 Å². The van der Waals surface area contributed by atoms with E-state index < -0.39 is 38.2 Å². The van der Waals surface area contributed by atoms with E-state index in [-0.39, 0.29) is 11.4 Å². The van der Waals surface area contributed by atoms with E-state index in [9.17, 15) is 13.2 Å². The Kier molecular flexibility index (Phi) is 5.93. The molecule has 30 heavy (non-hydrogen) atoms. The van der Waals surface area contributed by atoms with Gasteiger partial charge in [-0.3, -0.25) is 0 Å². The van der Waals surface area contributed by atoms with Crippen LogP contribution in [0.25, 0.3) is 0 Å². The molecule has 3 rings (SSSR count). The number of amides is 1. The lowest BCUT2D eigenvalue weighted by Gasteiger charge is -2.24. The third kappa shape index (κ3) is 4.33. The molecule has 6 nitrogen and oxygen atoms in total. The molecule has 3 N–H and O–H groups in total. The van der Waals surface area contributed by atoms with Crippen LogP contribution in [-0.4, -0.2) is 37.4 Å². The maximum atomic E-state index is 13.5. The van der Waals surface area contributed by atoms with Crippen molar-refractivity contribution in [1.29, 1.82) is 0 Å². The number of carbonyl (C=O) groups excluding carboxylic acids is 1. The summed E-state index contributed by atoms with van der Waals surface area (Å²) in [6, 6.07) is 13.6. The highest BCUT2D eigenvalue weighted by Crippen LogP contribution is 2.57. The number of nitrogens with two attached hydrogens (primary N) is 1. The van der Waals surface area contributed by atoms with Crippen LogP contribution >= 0.6 is 11.6 Å². The largest absolute Gasteiger partial charge is 0.444 e. The Bertz CT molecular complexity index is 1030. The van der Waals surface area contributed by atoms with E-state index in [0.717, 1.165) is 11.1 Å². The molecule has 0 heterocycles. The van der Waals surface area contributed by atoms with Crippen LogP contribution < -0.4 is 11.1 Å². The minimum Gasteiger partial charge on any atom is -0.444 e. The number of carbonyl (C=O) groups is 1. The molecule has 3 atom stereocenters. The molecular formula is C22H27ClN2O4S. The molecule has 162 valence electrons.